The number of aromatic nitrogens is 4. The fourth-order valence-corrected chi connectivity index (χ4v) is 1.64. The second-order valence-electron chi connectivity index (χ2n) is 5.62. The van der Waals surface area contributed by atoms with E-state index in [1.165, 1.54) is 0 Å². The largest absolute Gasteiger partial charge is 0.349 e. The highest BCUT2D eigenvalue weighted by Crippen LogP contribution is 2.17. The number of aromatic amines is 1. The molecule has 0 aromatic carbocycles. The van der Waals surface area contributed by atoms with Gasteiger partial charge in [-0.15, -0.1) is 5.10 Å². The van der Waals surface area contributed by atoms with E-state index in [9.17, 15) is 4.79 Å². The van der Waals surface area contributed by atoms with E-state index < -0.39 is 0 Å². The molecule has 0 aliphatic heterocycles. The molecule has 6 heteroatoms. The lowest BCUT2D eigenvalue weighted by molar-refractivity contribution is 0.0944. The summed E-state index contributed by atoms with van der Waals surface area (Å²) >= 11 is 0. The second-order valence-corrected chi connectivity index (χ2v) is 5.62. The molecule has 106 valence electrons. The molecule has 2 aromatic heterocycles. The molecule has 1 amide bonds. The third-order valence-corrected chi connectivity index (χ3v) is 2.82. The Bertz CT molecular complexity index is 571. The summed E-state index contributed by atoms with van der Waals surface area (Å²) in [5, 5.41) is 9.55. The van der Waals surface area contributed by atoms with Gasteiger partial charge in [0.05, 0.1) is 0 Å². The minimum absolute atomic E-state index is 0.152. The van der Waals surface area contributed by atoms with Gasteiger partial charge in [-0.1, -0.05) is 26.8 Å². The number of hydrogen-bond acceptors (Lipinski definition) is 4. The van der Waals surface area contributed by atoms with Crippen LogP contribution in [0.2, 0.25) is 0 Å². The summed E-state index contributed by atoms with van der Waals surface area (Å²) < 4.78 is 0. The summed E-state index contributed by atoms with van der Waals surface area (Å²) in [6, 6.07) is 3.85. The van der Waals surface area contributed by atoms with E-state index in [4.69, 9.17) is 0 Å². The summed E-state index contributed by atoms with van der Waals surface area (Å²) in [6.07, 6.45) is 4.25. The summed E-state index contributed by atoms with van der Waals surface area (Å²) in [6.45, 7) is 6.57. The lowest BCUT2D eigenvalue weighted by atomic mass is 9.96. The van der Waals surface area contributed by atoms with Crippen molar-refractivity contribution >= 4 is 5.91 Å². The average molecular weight is 273 g/mol. The van der Waals surface area contributed by atoms with Crippen molar-refractivity contribution in [2.45, 2.75) is 32.6 Å². The molecule has 0 bridgehead atoms. The van der Waals surface area contributed by atoms with Crippen LogP contribution in [0.1, 0.15) is 42.8 Å². The molecule has 6 nitrogen and oxygen atoms in total. The Morgan fingerprint density at radius 2 is 2.20 bits per heavy atom. The van der Waals surface area contributed by atoms with Crippen molar-refractivity contribution in [3.63, 3.8) is 0 Å². The Kier molecular flexibility index (Phi) is 4.12. The molecule has 0 atom stereocenters. The Morgan fingerprint density at radius 1 is 1.40 bits per heavy atom. The maximum Gasteiger partial charge on any atom is 0.290 e. The van der Waals surface area contributed by atoms with Gasteiger partial charge in [0.25, 0.3) is 5.91 Å². The van der Waals surface area contributed by atoms with Crippen LogP contribution in [-0.2, 0) is 11.8 Å². The van der Waals surface area contributed by atoms with Crippen molar-refractivity contribution < 1.29 is 4.79 Å². The van der Waals surface area contributed by atoms with E-state index in [2.05, 4.69) is 25.5 Å². The van der Waals surface area contributed by atoms with Crippen molar-refractivity contribution in [1.82, 2.24) is 25.5 Å². The number of nitrogens with one attached hydrogen (secondary N) is 2. The molecule has 0 fully saturated rings. The van der Waals surface area contributed by atoms with Gasteiger partial charge in [-0.2, -0.15) is 0 Å². The Labute approximate surface area is 118 Å². The molecule has 2 aromatic rings. The van der Waals surface area contributed by atoms with Gasteiger partial charge < -0.3 is 5.32 Å². The predicted octanol–water partition coefficient (Wildman–Crippen LogP) is 1.47. The normalized spacial score (nSPS) is 11.3. The van der Waals surface area contributed by atoms with Crippen LogP contribution in [0.3, 0.4) is 0 Å². The summed E-state index contributed by atoms with van der Waals surface area (Å²) in [5.41, 5.74) is 0.930. The number of rotatable bonds is 4. The van der Waals surface area contributed by atoms with E-state index in [1.54, 1.807) is 12.4 Å². The van der Waals surface area contributed by atoms with Crippen LogP contribution in [0.25, 0.3) is 0 Å². The van der Waals surface area contributed by atoms with Crippen LogP contribution in [0.4, 0.5) is 0 Å². The second kappa shape index (κ2) is 5.81. The van der Waals surface area contributed by atoms with E-state index in [1.807, 2.05) is 32.9 Å². The number of carbonyl (C=O) groups excluding carboxylic acids is 1. The lowest BCUT2D eigenvalue weighted by Gasteiger charge is -2.12. The molecule has 2 heterocycles. The molecule has 0 saturated carbocycles. The summed E-state index contributed by atoms with van der Waals surface area (Å²) in [4.78, 5) is 20.1. The molecule has 0 radical (unpaired) electrons. The van der Waals surface area contributed by atoms with Crippen LogP contribution < -0.4 is 5.32 Å². The maximum atomic E-state index is 11.9. The average Bonchev–Trinajstić information content (AvgIpc) is 2.89. The predicted molar refractivity (Wildman–Crippen MR) is 75.4 cm³/mol. The zero-order chi connectivity index (χ0) is 14.6. The molecule has 0 unspecified atom stereocenters. The fourth-order valence-electron chi connectivity index (χ4n) is 1.64. The minimum atomic E-state index is -0.263. The Morgan fingerprint density at radius 3 is 2.80 bits per heavy atom. The molecule has 0 aliphatic carbocycles. The third kappa shape index (κ3) is 3.63. The van der Waals surface area contributed by atoms with Crippen molar-refractivity contribution in [2.75, 3.05) is 6.54 Å². The van der Waals surface area contributed by atoms with Crippen molar-refractivity contribution in [2.24, 2.45) is 0 Å². The first kappa shape index (κ1) is 14.2. The number of nitrogens with zero attached hydrogens (tertiary/aromatic N) is 3. The van der Waals surface area contributed by atoms with Crippen LogP contribution in [-0.4, -0.2) is 32.6 Å². The molecular formula is C14H19N5O. The maximum absolute atomic E-state index is 11.9. The Hall–Kier alpha value is -2.24. The SMILES string of the molecule is CC(C)(C)c1nc(C(=O)NCCc2cccnc2)n[nH]1. The zero-order valence-corrected chi connectivity index (χ0v) is 12.0. The van der Waals surface area contributed by atoms with Gasteiger partial charge in [0.15, 0.2) is 0 Å². The van der Waals surface area contributed by atoms with E-state index in [0.29, 0.717) is 12.4 Å². The van der Waals surface area contributed by atoms with Crippen molar-refractivity contribution in [3.8, 4) is 0 Å². The third-order valence-electron chi connectivity index (χ3n) is 2.82. The topological polar surface area (TPSA) is 83.6 Å². The van der Waals surface area contributed by atoms with Crippen molar-refractivity contribution in [1.29, 1.82) is 0 Å². The van der Waals surface area contributed by atoms with E-state index in [-0.39, 0.29) is 17.1 Å². The smallest absolute Gasteiger partial charge is 0.290 e. The number of pyridine rings is 1. The number of amides is 1. The Balaban J connectivity index is 1.88. The van der Waals surface area contributed by atoms with E-state index >= 15 is 0 Å². The van der Waals surface area contributed by atoms with Gasteiger partial charge >= 0.3 is 0 Å². The zero-order valence-electron chi connectivity index (χ0n) is 12.0. The highest BCUT2D eigenvalue weighted by Gasteiger charge is 2.20. The van der Waals surface area contributed by atoms with Crippen LogP contribution in [0, 0.1) is 0 Å². The molecule has 2 rings (SSSR count). The lowest BCUT2D eigenvalue weighted by Crippen LogP contribution is -2.27. The summed E-state index contributed by atoms with van der Waals surface area (Å²) in [5.74, 6) is 0.622. The van der Waals surface area contributed by atoms with Gasteiger partial charge in [0.2, 0.25) is 5.82 Å². The quantitative estimate of drug-likeness (QED) is 0.883. The van der Waals surface area contributed by atoms with Gasteiger partial charge in [-0.25, -0.2) is 4.98 Å². The van der Waals surface area contributed by atoms with Crippen molar-refractivity contribution in [3.05, 3.63) is 41.7 Å². The number of hydrogen-bond donors (Lipinski definition) is 2. The first-order valence-electron chi connectivity index (χ1n) is 6.57. The highest BCUT2D eigenvalue weighted by atomic mass is 16.2. The highest BCUT2D eigenvalue weighted by molar-refractivity contribution is 5.90. The molecule has 20 heavy (non-hydrogen) atoms. The first-order valence-corrected chi connectivity index (χ1v) is 6.57. The van der Waals surface area contributed by atoms with Gasteiger partial charge in [0, 0.05) is 24.4 Å². The minimum Gasteiger partial charge on any atom is -0.349 e. The van der Waals surface area contributed by atoms with Gasteiger partial charge in [0.1, 0.15) is 5.82 Å². The van der Waals surface area contributed by atoms with Crippen LogP contribution >= 0.6 is 0 Å². The van der Waals surface area contributed by atoms with Crippen LogP contribution in [0.5, 0.6) is 0 Å². The van der Waals surface area contributed by atoms with Gasteiger partial charge in [-0.05, 0) is 18.1 Å². The van der Waals surface area contributed by atoms with E-state index in [0.717, 1.165) is 12.0 Å². The molecular weight excluding hydrogens is 254 g/mol. The number of carbonyl (C=O) groups is 1. The standard InChI is InChI=1S/C14H19N5O/c1-14(2,3)13-17-11(18-19-13)12(20)16-8-6-10-5-4-7-15-9-10/h4-5,7,9H,6,8H2,1-3H3,(H,16,20)(H,17,18,19). The molecule has 0 spiro atoms. The molecule has 2 N–H and O–H groups in total. The summed E-state index contributed by atoms with van der Waals surface area (Å²) in [7, 11) is 0. The number of H-pyrrole nitrogens is 1. The van der Waals surface area contributed by atoms with Gasteiger partial charge in [-0.3, -0.25) is 14.9 Å². The fraction of sp³-hybridized carbons (Fsp3) is 0.429. The first-order chi connectivity index (χ1) is 9.47. The monoisotopic (exact) mass is 273 g/mol. The molecule has 0 saturated heterocycles. The molecule has 0 aliphatic rings. The van der Waals surface area contributed by atoms with Crippen LogP contribution in [0.15, 0.2) is 24.5 Å².